The fourth-order valence-corrected chi connectivity index (χ4v) is 1.47. The van der Waals surface area contributed by atoms with E-state index in [2.05, 4.69) is 5.32 Å². The molecule has 18 heavy (non-hydrogen) atoms. The van der Waals surface area contributed by atoms with Crippen molar-refractivity contribution in [3.05, 3.63) is 29.8 Å². The van der Waals surface area contributed by atoms with Crippen LogP contribution in [0.1, 0.15) is 13.3 Å². The first-order valence-electron chi connectivity index (χ1n) is 5.95. The van der Waals surface area contributed by atoms with Gasteiger partial charge in [-0.25, -0.2) is 8.78 Å². The summed E-state index contributed by atoms with van der Waals surface area (Å²) >= 11 is 0. The number of ether oxygens (including phenoxy) is 2. The van der Waals surface area contributed by atoms with Crippen molar-refractivity contribution < 1.29 is 18.3 Å². The van der Waals surface area contributed by atoms with Crippen LogP contribution >= 0.6 is 0 Å². The smallest absolute Gasteiger partial charge is 0.165 e. The summed E-state index contributed by atoms with van der Waals surface area (Å²) in [5, 5.41) is 3.15. The summed E-state index contributed by atoms with van der Waals surface area (Å²) in [6.45, 7) is 3.86. The molecule has 5 heteroatoms. The number of hydrogen-bond donors (Lipinski definition) is 1. The van der Waals surface area contributed by atoms with Crippen LogP contribution in [0.25, 0.3) is 0 Å². The van der Waals surface area contributed by atoms with Crippen LogP contribution in [0.2, 0.25) is 0 Å². The fraction of sp³-hybridized carbons (Fsp3) is 0.538. The lowest BCUT2D eigenvalue weighted by Gasteiger charge is -2.16. The Morgan fingerprint density at radius 1 is 1.33 bits per heavy atom. The first-order chi connectivity index (χ1) is 8.63. The van der Waals surface area contributed by atoms with Gasteiger partial charge in [-0.1, -0.05) is 0 Å². The molecular weight excluding hydrogens is 240 g/mol. The Kier molecular flexibility index (Phi) is 6.60. The van der Waals surface area contributed by atoms with Crippen LogP contribution in [-0.4, -0.2) is 32.9 Å². The largest absolute Gasteiger partial charge is 0.486 e. The standard InChI is InChI=1S/C13H19F2NO2/c1-10(9-16-6-3-7-17-2)18-13-8-11(14)4-5-12(13)15/h4-5,8,10,16H,3,6-7,9H2,1-2H3. The van der Waals surface area contributed by atoms with Crippen LogP contribution < -0.4 is 10.1 Å². The SMILES string of the molecule is COCCCNCC(C)Oc1cc(F)ccc1F. The van der Waals surface area contributed by atoms with E-state index in [1.54, 1.807) is 14.0 Å². The third-order valence-corrected chi connectivity index (χ3v) is 2.36. The van der Waals surface area contributed by atoms with E-state index in [-0.39, 0.29) is 11.9 Å². The number of methoxy groups -OCH3 is 1. The van der Waals surface area contributed by atoms with Gasteiger partial charge in [-0.2, -0.15) is 0 Å². The minimum Gasteiger partial charge on any atom is -0.486 e. The molecule has 0 aliphatic carbocycles. The highest BCUT2D eigenvalue weighted by molar-refractivity contribution is 5.25. The molecule has 0 heterocycles. The van der Waals surface area contributed by atoms with E-state index in [9.17, 15) is 8.78 Å². The zero-order valence-corrected chi connectivity index (χ0v) is 10.7. The van der Waals surface area contributed by atoms with Crippen LogP contribution in [0.15, 0.2) is 18.2 Å². The lowest BCUT2D eigenvalue weighted by molar-refractivity contribution is 0.186. The van der Waals surface area contributed by atoms with Crippen LogP contribution in [0.4, 0.5) is 8.78 Å². The van der Waals surface area contributed by atoms with Crippen LogP contribution in [-0.2, 0) is 4.74 Å². The normalized spacial score (nSPS) is 12.4. The van der Waals surface area contributed by atoms with Crippen LogP contribution in [0, 0.1) is 11.6 Å². The number of benzene rings is 1. The van der Waals surface area contributed by atoms with Crippen molar-refractivity contribution in [1.29, 1.82) is 0 Å². The Morgan fingerprint density at radius 2 is 2.11 bits per heavy atom. The van der Waals surface area contributed by atoms with E-state index >= 15 is 0 Å². The predicted octanol–water partition coefficient (Wildman–Crippen LogP) is 2.36. The van der Waals surface area contributed by atoms with Crippen molar-refractivity contribution in [2.24, 2.45) is 0 Å². The molecule has 1 rings (SSSR count). The van der Waals surface area contributed by atoms with Gasteiger partial charge in [0.15, 0.2) is 11.6 Å². The molecule has 102 valence electrons. The third kappa shape index (κ3) is 5.42. The molecule has 0 fully saturated rings. The molecule has 1 aromatic rings. The summed E-state index contributed by atoms with van der Waals surface area (Å²) < 4.78 is 36.4. The monoisotopic (exact) mass is 259 g/mol. The van der Waals surface area contributed by atoms with Crippen molar-refractivity contribution in [2.45, 2.75) is 19.4 Å². The van der Waals surface area contributed by atoms with Gasteiger partial charge in [0, 0.05) is 26.3 Å². The zero-order chi connectivity index (χ0) is 13.4. The molecule has 0 saturated heterocycles. The van der Waals surface area contributed by atoms with Crippen LogP contribution in [0.5, 0.6) is 5.75 Å². The van der Waals surface area contributed by atoms with Gasteiger partial charge in [-0.3, -0.25) is 0 Å². The van der Waals surface area contributed by atoms with Gasteiger partial charge >= 0.3 is 0 Å². The first-order valence-corrected chi connectivity index (χ1v) is 5.95. The van der Waals surface area contributed by atoms with E-state index in [1.807, 2.05) is 0 Å². The maximum absolute atomic E-state index is 13.3. The third-order valence-electron chi connectivity index (χ3n) is 2.36. The highest BCUT2D eigenvalue weighted by Crippen LogP contribution is 2.19. The van der Waals surface area contributed by atoms with Gasteiger partial charge < -0.3 is 14.8 Å². The van der Waals surface area contributed by atoms with Gasteiger partial charge in [0.05, 0.1) is 0 Å². The molecule has 0 radical (unpaired) electrons. The van der Waals surface area contributed by atoms with Crippen molar-refractivity contribution >= 4 is 0 Å². The van der Waals surface area contributed by atoms with Gasteiger partial charge in [0.2, 0.25) is 0 Å². The van der Waals surface area contributed by atoms with Gasteiger partial charge in [0.1, 0.15) is 11.9 Å². The second kappa shape index (κ2) is 8.00. The summed E-state index contributed by atoms with van der Waals surface area (Å²) in [6, 6.07) is 3.18. The maximum Gasteiger partial charge on any atom is 0.165 e. The number of rotatable bonds is 8. The second-order valence-corrected chi connectivity index (χ2v) is 4.05. The van der Waals surface area contributed by atoms with E-state index in [1.165, 1.54) is 0 Å². The number of halogens is 2. The van der Waals surface area contributed by atoms with Gasteiger partial charge in [-0.15, -0.1) is 0 Å². The quantitative estimate of drug-likeness (QED) is 0.727. The molecule has 1 unspecified atom stereocenters. The summed E-state index contributed by atoms with van der Waals surface area (Å²) in [6.07, 6.45) is 0.668. The molecule has 1 N–H and O–H groups in total. The molecule has 1 atom stereocenters. The zero-order valence-electron chi connectivity index (χ0n) is 10.7. The maximum atomic E-state index is 13.3. The summed E-state index contributed by atoms with van der Waals surface area (Å²) in [7, 11) is 1.65. The fourth-order valence-electron chi connectivity index (χ4n) is 1.47. The topological polar surface area (TPSA) is 30.5 Å². The Hall–Kier alpha value is -1.20. The van der Waals surface area contributed by atoms with E-state index in [0.29, 0.717) is 13.2 Å². The molecule has 0 amide bonds. The molecule has 3 nitrogen and oxygen atoms in total. The highest BCUT2D eigenvalue weighted by Gasteiger charge is 2.09. The van der Waals surface area contributed by atoms with Crippen molar-refractivity contribution in [2.75, 3.05) is 26.8 Å². The molecule has 1 aromatic carbocycles. The minimum absolute atomic E-state index is 0.0545. The summed E-state index contributed by atoms with van der Waals surface area (Å²) in [5.74, 6) is -1.12. The Morgan fingerprint density at radius 3 is 2.83 bits per heavy atom. The number of nitrogens with one attached hydrogen (secondary N) is 1. The average molecular weight is 259 g/mol. The van der Waals surface area contributed by atoms with E-state index in [0.717, 1.165) is 31.2 Å². The van der Waals surface area contributed by atoms with Crippen LogP contribution in [0.3, 0.4) is 0 Å². The molecular formula is C13H19F2NO2. The van der Waals surface area contributed by atoms with E-state index in [4.69, 9.17) is 9.47 Å². The average Bonchev–Trinajstić information content (AvgIpc) is 2.33. The Balaban J connectivity index is 2.30. The van der Waals surface area contributed by atoms with Gasteiger partial charge in [-0.05, 0) is 32.0 Å². The molecule has 0 spiro atoms. The van der Waals surface area contributed by atoms with Crippen molar-refractivity contribution in [1.82, 2.24) is 5.32 Å². The van der Waals surface area contributed by atoms with Crippen molar-refractivity contribution in [3.63, 3.8) is 0 Å². The summed E-state index contributed by atoms with van der Waals surface area (Å²) in [4.78, 5) is 0. The summed E-state index contributed by atoms with van der Waals surface area (Å²) in [5.41, 5.74) is 0. The lowest BCUT2D eigenvalue weighted by atomic mass is 10.3. The molecule has 0 aromatic heterocycles. The number of hydrogen-bond acceptors (Lipinski definition) is 3. The van der Waals surface area contributed by atoms with Crippen molar-refractivity contribution in [3.8, 4) is 5.75 Å². The predicted molar refractivity (Wildman–Crippen MR) is 65.8 cm³/mol. The first kappa shape index (κ1) is 14.9. The molecule has 0 bridgehead atoms. The molecule has 0 saturated carbocycles. The highest BCUT2D eigenvalue weighted by atomic mass is 19.1. The minimum atomic E-state index is -0.553. The van der Waals surface area contributed by atoms with E-state index < -0.39 is 11.6 Å². The Bertz CT molecular complexity index is 361. The van der Waals surface area contributed by atoms with Gasteiger partial charge in [0.25, 0.3) is 0 Å². The molecule has 0 aliphatic heterocycles. The molecule has 0 aliphatic rings. The Labute approximate surface area is 106 Å². The lowest BCUT2D eigenvalue weighted by Crippen LogP contribution is -2.30. The second-order valence-electron chi connectivity index (χ2n) is 4.05.